The van der Waals surface area contributed by atoms with Crippen LogP contribution < -0.4 is 4.74 Å². The summed E-state index contributed by atoms with van der Waals surface area (Å²) in [5.74, 6) is 0.416. The summed E-state index contributed by atoms with van der Waals surface area (Å²) in [6.07, 6.45) is 5.12. The van der Waals surface area contributed by atoms with Gasteiger partial charge in [0.05, 0.1) is 18.4 Å². The Balaban J connectivity index is 1.69. The number of carbonyl (C=O) groups is 1. The van der Waals surface area contributed by atoms with Gasteiger partial charge in [0.2, 0.25) is 0 Å². The molecule has 27 heavy (non-hydrogen) atoms. The molecule has 0 radical (unpaired) electrons. The predicted octanol–water partition coefficient (Wildman–Crippen LogP) is 4.61. The minimum Gasteiger partial charge on any atom is -0.497 e. The molecule has 0 bridgehead atoms. The fourth-order valence-corrected chi connectivity index (χ4v) is 2.92. The summed E-state index contributed by atoms with van der Waals surface area (Å²) in [5, 5.41) is 0. The third kappa shape index (κ3) is 3.27. The Morgan fingerprint density at radius 3 is 2.56 bits per heavy atom. The van der Waals surface area contributed by atoms with Crippen LogP contribution >= 0.6 is 0 Å². The zero-order chi connectivity index (χ0) is 18.8. The maximum atomic E-state index is 14.1. The second kappa shape index (κ2) is 6.96. The molecule has 0 N–H and O–H groups in total. The average molecular weight is 361 g/mol. The Kier molecular flexibility index (Phi) is 4.34. The van der Waals surface area contributed by atoms with Crippen LogP contribution in [-0.4, -0.2) is 17.6 Å². The van der Waals surface area contributed by atoms with Gasteiger partial charge in [0, 0.05) is 17.5 Å². The van der Waals surface area contributed by atoms with E-state index in [9.17, 15) is 9.18 Å². The number of rotatable bonds is 4. The molecule has 0 aliphatic carbocycles. The highest BCUT2D eigenvalue weighted by Gasteiger charge is 2.22. The normalized spacial score (nSPS) is 15.0. The van der Waals surface area contributed by atoms with E-state index in [-0.39, 0.29) is 5.82 Å². The van der Waals surface area contributed by atoms with Gasteiger partial charge in [0.1, 0.15) is 17.3 Å². The first-order valence-electron chi connectivity index (χ1n) is 8.38. The first-order valence-corrected chi connectivity index (χ1v) is 8.38. The number of hydrogen-bond acceptors (Lipinski definition) is 3. The largest absolute Gasteiger partial charge is 0.497 e. The molecule has 4 nitrogen and oxygen atoms in total. The molecule has 0 saturated carbocycles. The smallest absolute Gasteiger partial charge is 0.343 e. The van der Waals surface area contributed by atoms with Crippen molar-refractivity contribution in [2.45, 2.75) is 0 Å². The minimum atomic E-state index is -0.442. The monoisotopic (exact) mass is 361 g/mol. The predicted molar refractivity (Wildman–Crippen MR) is 101 cm³/mol. The Bertz CT molecular complexity index is 1060. The number of cyclic esters (lactones) is 1. The molecule has 5 heteroatoms. The SMILES string of the molecule is COc1ccc(C2=C/C(=C\c3cccn3-c3ccccc3F)C(=O)O2)cc1. The molecule has 1 aliphatic rings. The van der Waals surface area contributed by atoms with Crippen LogP contribution in [0.2, 0.25) is 0 Å². The van der Waals surface area contributed by atoms with Gasteiger partial charge in [-0.3, -0.25) is 0 Å². The van der Waals surface area contributed by atoms with Gasteiger partial charge in [-0.2, -0.15) is 0 Å². The van der Waals surface area contributed by atoms with Crippen LogP contribution in [0.1, 0.15) is 11.3 Å². The molecule has 0 atom stereocenters. The van der Waals surface area contributed by atoms with Gasteiger partial charge in [-0.05, 0) is 60.7 Å². The van der Waals surface area contributed by atoms with E-state index in [1.54, 1.807) is 66.4 Å². The fourth-order valence-electron chi connectivity index (χ4n) is 2.92. The summed E-state index contributed by atoms with van der Waals surface area (Å²) in [6.45, 7) is 0. The number of nitrogens with zero attached hydrogens (tertiary/aromatic N) is 1. The molecular formula is C22H16FNO3. The molecule has 0 saturated heterocycles. The van der Waals surface area contributed by atoms with Crippen molar-refractivity contribution in [3.8, 4) is 11.4 Å². The van der Waals surface area contributed by atoms with Crippen LogP contribution in [0.25, 0.3) is 17.5 Å². The van der Waals surface area contributed by atoms with Crippen molar-refractivity contribution in [3.05, 3.63) is 95.6 Å². The lowest BCUT2D eigenvalue weighted by Crippen LogP contribution is -2.00. The number of hydrogen-bond donors (Lipinski definition) is 0. The van der Waals surface area contributed by atoms with E-state index in [1.807, 2.05) is 18.2 Å². The zero-order valence-electron chi connectivity index (χ0n) is 14.6. The van der Waals surface area contributed by atoms with Gasteiger partial charge in [-0.1, -0.05) is 12.1 Å². The van der Waals surface area contributed by atoms with Crippen LogP contribution in [0.15, 0.2) is 78.5 Å². The molecule has 2 heterocycles. The lowest BCUT2D eigenvalue weighted by atomic mass is 10.1. The maximum absolute atomic E-state index is 14.1. The lowest BCUT2D eigenvalue weighted by molar-refractivity contribution is -0.130. The van der Waals surface area contributed by atoms with E-state index in [0.717, 1.165) is 11.3 Å². The summed E-state index contributed by atoms with van der Waals surface area (Å²) < 4.78 is 26.3. The third-order valence-corrected chi connectivity index (χ3v) is 4.30. The van der Waals surface area contributed by atoms with Crippen molar-refractivity contribution in [1.29, 1.82) is 0 Å². The lowest BCUT2D eigenvalue weighted by Gasteiger charge is -2.07. The second-order valence-corrected chi connectivity index (χ2v) is 5.98. The van der Waals surface area contributed by atoms with E-state index in [4.69, 9.17) is 9.47 Å². The number of methoxy groups -OCH3 is 1. The summed E-state index contributed by atoms with van der Waals surface area (Å²) in [6, 6.07) is 17.3. The summed E-state index contributed by atoms with van der Waals surface area (Å²) in [4.78, 5) is 12.3. The molecule has 3 aromatic rings. The van der Waals surface area contributed by atoms with Crippen LogP contribution in [-0.2, 0) is 9.53 Å². The zero-order valence-corrected chi connectivity index (χ0v) is 14.6. The summed E-state index contributed by atoms with van der Waals surface area (Å²) in [7, 11) is 1.59. The highest BCUT2D eigenvalue weighted by molar-refractivity contribution is 6.05. The number of carbonyl (C=O) groups excluding carboxylic acids is 1. The highest BCUT2D eigenvalue weighted by Crippen LogP contribution is 2.29. The first kappa shape index (κ1) is 16.8. The van der Waals surface area contributed by atoms with E-state index in [0.29, 0.717) is 22.7 Å². The second-order valence-electron chi connectivity index (χ2n) is 5.98. The number of halogens is 1. The maximum Gasteiger partial charge on any atom is 0.343 e. The van der Waals surface area contributed by atoms with Crippen molar-refractivity contribution >= 4 is 17.8 Å². The number of esters is 1. The van der Waals surface area contributed by atoms with E-state index >= 15 is 0 Å². The van der Waals surface area contributed by atoms with Crippen molar-refractivity contribution in [3.63, 3.8) is 0 Å². The molecular weight excluding hydrogens is 345 g/mol. The average Bonchev–Trinajstić information content (AvgIpc) is 3.29. The standard InChI is InChI=1S/C22H16FNO3/c1-26-18-10-8-15(9-11-18)21-14-16(22(25)27-21)13-17-5-4-12-24(17)20-7-3-2-6-19(20)23/h2-14H,1H3/b16-13+. The number of benzene rings is 2. The van der Waals surface area contributed by atoms with E-state index in [2.05, 4.69) is 0 Å². The molecule has 1 aromatic heterocycles. The number of ether oxygens (including phenoxy) is 2. The van der Waals surface area contributed by atoms with Gasteiger partial charge >= 0.3 is 5.97 Å². The van der Waals surface area contributed by atoms with Gasteiger partial charge in [0.15, 0.2) is 0 Å². The van der Waals surface area contributed by atoms with Crippen LogP contribution in [0.3, 0.4) is 0 Å². The Hall–Kier alpha value is -3.60. The van der Waals surface area contributed by atoms with Crippen LogP contribution in [0.5, 0.6) is 5.75 Å². The molecule has 0 fully saturated rings. The van der Waals surface area contributed by atoms with Crippen LogP contribution in [0.4, 0.5) is 4.39 Å². The molecule has 0 spiro atoms. The van der Waals surface area contributed by atoms with Gasteiger partial charge < -0.3 is 14.0 Å². The quantitative estimate of drug-likeness (QED) is 0.503. The van der Waals surface area contributed by atoms with Crippen molar-refractivity contribution in [2.75, 3.05) is 7.11 Å². The van der Waals surface area contributed by atoms with Crippen molar-refractivity contribution < 1.29 is 18.7 Å². The highest BCUT2D eigenvalue weighted by atomic mass is 19.1. The summed E-state index contributed by atoms with van der Waals surface area (Å²) >= 11 is 0. The molecule has 1 aliphatic heterocycles. The van der Waals surface area contributed by atoms with Crippen molar-refractivity contribution in [2.24, 2.45) is 0 Å². The number of para-hydroxylation sites is 1. The Labute approximate surface area is 155 Å². The first-order chi connectivity index (χ1) is 13.2. The fraction of sp³-hybridized carbons (Fsp3) is 0.0455. The third-order valence-electron chi connectivity index (χ3n) is 4.30. The molecule has 2 aromatic carbocycles. The molecule has 134 valence electrons. The Morgan fingerprint density at radius 1 is 1.04 bits per heavy atom. The minimum absolute atomic E-state index is 0.336. The van der Waals surface area contributed by atoms with Crippen LogP contribution in [0, 0.1) is 5.82 Å². The topological polar surface area (TPSA) is 40.5 Å². The molecule has 4 rings (SSSR count). The van der Waals surface area contributed by atoms with Crippen molar-refractivity contribution in [1.82, 2.24) is 4.57 Å². The number of aromatic nitrogens is 1. The van der Waals surface area contributed by atoms with E-state index < -0.39 is 5.97 Å². The molecule has 0 unspecified atom stereocenters. The van der Waals surface area contributed by atoms with Gasteiger partial charge in [0.25, 0.3) is 0 Å². The van der Waals surface area contributed by atoms with Gasteiger partial charge in [-0.15, -0.1) is 0 Å². The Morgan fingerprint density at radius 2 is 1.81 bits per heavy atom. The summed E-state index contributed by atoms with van der Waals surface area (Å²) in [5.41, 5.74) is 2.27. The van der Waals surface area contributed by atoms with Gasteiger partial charge in [-0.25, -0.2) is 9.18 Å². The van der Waals surface area contributed by atoms with E-state index in [1.165, 1.54) is 6.07 Å². The molecule has 0 amide bonds.